The zero-order valence-corrected chi connectivity index (χ0v) is 16.4. The van der Waals surface area contributed by atoms with Crippen LogP contribution in [0.15, 0.2) is 40.8 Å². The maximum absolute atomic E-state index is 12.1. The van der Waals surface area contributed by atoms with Gasteiger partial charge in [-0.05, 0) is 41.7 Å². The number of ether oxygens (including phenoxy) is 1. The second kappa shape index (κ2) is 9.46. The summed E-state index contributed by atoms with van der Waals surface area (Å²) in [5.41, 5.74) is 1.39. The Morgan fingerprint density at radius 2 is 1.77 bits per heavy atom. The van der Waals surface area contributed by atoms with Crippen molar-refractivity contribution in [2.45, 2.75) is 65.4 Å². The minimum Gasteiger partial charge on any atom is -0.486 e. The van der Waals surface area contributed by atoms with E-state index in [0.717, 1.165) is 18.6 Å². The SMILES string of the molecule is CCCCCCNC(=O)c1ccc(COc2ccc(C(C)(C)C)cc2)o1. The van der Waals surface area contributed by atoms with E-state index in [9.17, 15) is 4.79 Å². The number of unbranched alkanes of at least 4 members (excludes halogenated alkanes) is 3. The van der Waals surface area contributed by atoms with Crippen molar-refractivity contribution in [1.82, 2.24) is 5.32 Å². The van der Waals surface area contributed by atoms with Gasteiger partial charge in [-0.2, -0.15) is 0 Å². The van der Waals surface area contributed by atoms with Crippen LogP contribution in [-0.2, 0) is 12.0 Å². The van der Waals surface area contributed by atoms with E-state index in [1.807, 2.05) is 12.1 Å². The molecule has 142 valence electrons. The highest BCUT2D eigenvalue weighted by Crippen LogP contribution is 2.24. The van der Waals surface area contributed by atoms with E-state index in [2.05, 4.69) is 45.1 Å². The van der Waals surface area contributed by atoms with Crippen LogP contribution in [0.25, 0.3) is 0 Å². The third-order valence-corrected chi connectivity index (χ3v) is 4.30. The molecule has 0 bridgehead atoms. The molecular weight excluding hydrogens is 326 g/mol. The molecule has 1 heterocycles. The van der Waals surface area contributed by atoms with Crippen molar-refractivity contribution >= 4 is 5.91 Å². The van der Waals surface area contributed by atoms with Crippen molar-refractivity contribution in [2.75, 3.05) is 6.54 Å². The molecular formula is C22H31NO3. The number of rotatable bonds is 9. The van der Waals surface area contributed by atoms with E-state index in [4.69, 9.17) is 9.15 Å². The molecule has 0 spiro atoms. The molecule has 0 unspecified atom stereocenters. The molecule has 1 amide bonds. The summed E-state index contributed by atoms with van der Waals surface area (Å²) in [7, 11) is 0. The molecule has 0 aliphatic rings. The number of amides is 1. The fourth-order valence-electron chi connectivity index (χ4n) is 2.62. The van der Waals surface area contributed by atoms with Gasteiger partial charge >= 0.3 is 0 Å². The minimum absolute atomic E-state index is 0.123. The number of furan rings is 1. The van der Waals surface area contributed by atoms with Crippen LogP contribution in [0.4, 0.5) is 0 Å². The number of carbonyl (C=O) groups excluding carboxylic acids is 1. The van der Waals surface area contributed by atoms with Crippen molar-refractivity contribution in [3.05, 3.63) is 53.5 Å². The summed E-state index contributed by atoms with van der Waals surface area (Å²) in [6.07, 6.45) is 4.53. The highest BCUT2D eigenvalue weighted by Gasteiger charge is 2.14. The van der Waals surface area contributed by atoms with Gasteiger partial charge in [-0.25, -0.2) is 0 Å². The van der Waals surface area contributed by atoms with E-state index < -0.39 is 0 Å². The molecule has 2 rings (SSSR count). The maximum Gasteiger partial charge on any atom is 0.286 e. The second-order valence-electron chi connectivity index (χ2n) is 7.65. The summed E-state index contributed by atoms with van der Waals surface area (Å²) < 4.78 is 11.3. The molecule has 4 nitrogen and oxygen atoms in total. The molecule has 0 atom stereocenters. The second-order valence-corrected chi connectivity index (χ2v) is 7.65. The zero-order valence-electron chi connectivity index (χ0n) is 16.4. The third-order valence-electron chi connectivity index (χ3n) is 4.30. The van der Waals surface area contributed by atoms with E-state index >= 15 is 0 Å². The van der Waals surface area contributed by atoms with E-state index in [1.54, 1.807) is 12.1 Å². The van der Waals surface area contributed by atoms with Crippen molar-refractivity contribution in [1.29, 1.82) is 0 Å². The lowest BCUT2D eigenvalue weighted by Crippen LogP contribution is -2.23. The van der Waals surface area contributed by atoms with Crippen LogP contribution in [0.2, 0.25) is 0 Å². The van der Waals surface area contributed by atoms with Crippen LogP contribution in [0.5, 0.6) is 5.75 Å². The van der Waals surface area contributed by atoms with Crippen LogP contribution < -0.4 is 10.1 Å². The summed E-state index contributed by atoms with van der Waals surface area (Å²) >= 11 is 0. The lowest BCUT2D eigenvalue weighted by molar-refractivity contribution is 0.0921. The number of hydrogen-bond donors (Lipinski definition) is 1. The Labute approximate surface area is 156 Å². The number of nitrogens with one attached hydrogen (secondary N) is 1. The van der Waals surface area contributed by atoms with Gasteiger partial charge in [0.15, 0.2) is 5.76 Å². The summed E-state index contributed by atoms with van der Waals surface area (Å²) in [5.74, 6) is 1.60. The van der Waals surface area contributed by atoms with Gasteiger partial charge in [-0.1, -0.05) is 59.1 Å². The predicted molar refractivity (Wildman–Crippen MR) is 105 cm³/mol. The Balaban J connectivity index is 1.80. The van der Waals surface area contributed by atoms with Gasteiger partial charge in [-0.15, -0.1) is 0 Å². The van der Waals surface area contributed by atoms with E-state index in [1.165, 1.54) is 18.4 Å². The van der Waals surface area contributed by atoms with Crippen LogP contribution >= 0.6 is 0 Å². The molecule has 2 aromatic rings. The van der Waals surface area contributed by atoms with E-state index in [-0.39, 0.29) is 11.3 Å². The minimum atomic E-state index is -0.165. The maximum atomic E-state index is 12.1. The van der Waals surface area contributed by atoms with Crippen LogP contribution in [-0.4, -0.2) is 12.5 Å². The molecule has 4 heteroatoms. The van der Waals surface area contributed by atoms with Gasteiger partial charge in [-0.3, -0.25) is 4.79 Å². The number of carbonyl (C=O) groups is 1. The average molecular weight is 357 g/mol. The van der Waals surface area contributed by atoms with Crippen molar-refractivity contribution in [3.8, 4) is 5.75 Å². The fourth-order valence-corrected chi connectivity index (χ4v) is 2.62. The largest absolute Gasteiger partial charge is 0.486 e. The zero-order chi connectivity index (χ0) is 19.0. The molecule has 1 N–H and O–H groups in total. The smallest absolute Gasteiger partial charge is 0.286 e. The normalized spacial score (nSPS) is 11.4. The molecule has 1 aromatic carbocycles. The molecule has 0 fully saturated rings. The Kier molecular flexibility index (Phi) is 7.31. The summed E-state index contributed by atoms with van der Waals surface area (Å²) in [6.45, 7) is 9.71. The molecule has 0 saturated heterocycles. The van der Waals surface area contributed by atoms with E-state index in [0.29, 0.717) is 24.7 Å². The first-order chi connectivity index (χ1) is 12.4. The van der Waals surface area contributed by atoms with Crippen molar-refractivity contribution < 1.29 is 13.9 Å². The lowest BCUT2D eigenvalue weighted by atomic mass is 9.87. The summed E-state index contributed by atoms with van der Waals surface area (Å²) in [4.78, 5) is 12.1. The number of hydrogen-bond acceptors (Lipinski definition) is 3. The standard InChI is InChI=1S/C22H31NO3/c1-5-6-7-8-15-23-21(24)20-14-13-19(26-20)16-25-18-11-9-17(10-12-18)22(2,3)4/h9-14H,5-8,15-16H2,1-4H3,(H,23,24). The quantitative estimate of drug-likeness (QED) is 0.606. The van der Waals surface area contributed by atoms with Gasteiger partial charge in [0.25, 0.3) is 5.91 Å². The fraction of sp³-hybridized carbons (Fsp3) is 0.500. The van der Waals surface area contributed by atoms with Crippen molar-refractivity contribution in [2.24, 2.45) is 0 Å². The van der Waals surface area contributed by atoms with Gasteiger partial charge in [0.05, 0.1) is 0 Å². The molecule has 0 aliphatic carbocycles. The third kappa shape index (κ3) is 6.25. The monoisotopic (exact) mass is 357 g/mol. The lowest BCUT2D eigenvalue weighted by Gasteiger charge is -2.19. The van der Waals surface area contributed by atoms with Gasteiger partial charge in [0, 0.05) is 6.54 Å². The molecule has 0 saturated carbocycles. The molecule has 0 aliphatic heterocycles. The Morgan fingerprint density at radius 3 is 2.42 bits per heavy atom. The molecule has 26 heavy (non-hydrogen) atoms. The van der Waals surface area contributed by atoms with Crippen LogP contribution in [0, 0.1) is 0 Å². The Morgan fingerprint density at radius 1 is 1.04 bits per heavy atom. The number of benzene rings is 1. The van der Waals surface area contributed by atoms with Gasteiger partial charge in [0.1, 0.15) is 18.1 Å². The summed E-state index contributed by atoms with van der Waals surface area (Å²) in [6, 6.07) is 11.6. The Hall–Kier alpha value is -2.23. The molecule has 1 aromatic heterocycles. The highest BCUT2D eigenvalue weighted by molar-refractivity contribution is 5.91. The average Bonchev–Trinajstić information content (AvgIpc) is 3.08. The topological polar surface area (TPSA) is 51.5 Å². The first-order valence-electron chi connectivity index (χ1n) is 9.50. The summed E-state index contributed by atoms with van der Waals surface area (Å²) in [5, 5.41) is 2.89. The van der Waals surface area contributed by atoms with Crippen LogP contribution in [0.3, 0.4) is 0 Å². The Bertz CT molecular complexity index is 680. The first kappa shape index (κ1) is 20.1. The predicted octanol–water partition coefficient (Wildman–Crippen LogP) is 5.47. The van der Waals surface area contributed by atoms with Gasteiger partial charge in [0.2, 0.25) is 0 Å². The van der Waals surface area contributed by atoms with Gasteiger partial charge < -0.3 is 14.5 Å². The van der Waals surface area contributed by atoms with Crippen LogP contribution in [0.1, 0.15) is 75.3 Å². The first-order valence-corrected chi connectivity index (χ1v) is 9.50. The molecule has 0 radical (unpaired) electrons. The van der Waals surface area contributed by atoms with Crippen molar-refractivity contribution in [3.63, 3.8) is 0 Å². The highest BCUT2D eigenvalue weighted by atomic mass is 16.5.